The van der Waals surface area contributed by atoms with Crippen LogP contribution in [-0.2, 0) is 9.59 Å². The number of rotatable bonds is 6. The number of nitrogens with zero attached hydrogens (tertiary/aromatic N) is 1. The van der Waals surface area contributed by atoms with Gasteiger partial charge in [0.05, 0.1) is 11.7 Å². The Kier molecular flexibility index (Phi) is 6.93. The molecule has 4 rings (SSSR count). The summed E-state index contributed by atoms with van der Waals surface area (Å²) in [5.41, 5.74) is 1.85. The molecule has 0 aromatic heterocycles. The lowest BCUT2D eigenvalue weighted by Crippen LogP contribution is -2.32. The predicted octanol–water partition coefficient (Wildman–Crippen LogP) is 5.92. The molecular formula is C25H18Cl3N3O3. The first-order chi connectivity index (χ1) is 16.2. The van der Waals surface area contributed by atoms with Crippen LogP contribution in [0.3, 0.4) is 0 Å². The van der Waals surface area contributed by atoms with E-state index in [1.165, 1.54) is 18.2 Å². The second-order valence-electron chi connectivity index (χ2n) is 7.57. The Bertz CT molecular complexity index is 1300. The molecule has 1 aliphatic rings. The fraction of sp³-hybridized carbons (Fsp3) is 0.0800. The van der Waals surface area contributed by atoms with Gasteiger partial charge < -0.3 is 10.6 Å². The summed E-state index contributed by atoms with van der Waals surface area (Å²) in [4.78, 5) is 39.4. The van der Waals surface area contributed by atoms with Gasteiger partial charge in [-0.05, 0) is 48.9 Å². The molecule has 3 aromatic carbocycles. The molecule has 0 saturated heterocycles. The zero-order valence-electron chi connectivity index (χ0n) is 17.8. The number of carbonyl (C=O) groups excluding carboxylic acids is 3. The van der Waals surface area contributed by atoms with Gasteiger partial charge in [0, 0.05) is 21.3 Å². The van der Waals surface area contributed by atoms with Crippen molar-refractivity contribution in [3.8, 4) is 0 Å². The first-order valence-electron chi connectivity index (χ1n) is 10.2. The fourth-order valence-corrected chi connectivity index (χ4v) is 4.23. The number of hydrogen-bond acceptors (Lipinski definition) is 4. The van der Waals surface area contributed by atoms with Crippen LogP contribution in [0.4, 0.5) is 11.4 Å². The van der Waals surface area contributed by atoms with E-state index in [1.807, 2.05) is 37.3 Å². The topological polar surface area (TPSA) is 78.5 Å². The van der Waals surface area contributed by atoms with Crippen LogP contribution in [0, 0.1) is 0 Å². The number of hydrogen-bond donors (Lipinski definition) is 2. The van der Waals surface area contributed by atoms with Crippen LogP contribution in [0.1, 0.15) is 28.9 Å². The van der Waals surface area contributed by atoms with Crippen molar-refractivity contribution in [1.29, 1.82) is 0 Å². The largest absolute Gasteiger partial charge is 0.350 e. The van der Waals surface area contributed by atoms with Crippen molar-refractivity contribution in [3.05, 3.63) is 105 Å². The molecule has 1 atom stereocenters. The monoisotopic (exact) mass is 513 g/mol. The Balaban J connectivity index is 1.53. The number of halogens is 3. The van der Waals surface area contributed by atoms with E-state index in [0.29, 0.717) is 11.3 Å². The fourth-order valence-electron chi connectivity index (χ4n) is 3.50. The second-order valence-corrected chi connectivity index (χ2v) is 8.82. The van der Waals surface area contributed by atoms with Gasteiger partial charge in [0.2, 0.25) is 0 Å². The zero-order chi connectivity index (χ0) is 24.4. The van der Waals surface area contributed by atoms with Gasteiger partial charge in [-0.25, -0.2) is 4.90 Å². The van der Waals surface area contributed by atoms with E-state index in [1.54, 1.807) is 24.3 Å². The van der Waals surface area contributed by atoms with Crippen LogP contribution >= 0.6 is 34.8 Å². The van der Waals surface area contributed by atoms with Gasteiger partial charge in [0.1, 0.15) is 10.7 Å². The third kappa shape index (κ3) is 4.94. The third-order valence-electron chi connectivity index (χ3n) is 5.17. The van der Waals surface area contributed by atoms with Crippen LogP contribution in [0.2, 0.25) is 10.0 Å². The minimum atomic E-state index is -0.710. The van der Waals surface area contributed by atoms with Gasteiger partial charge in [-0.1, -0.05) is 71.2 Å². The highest BCUT2D eigenvalue weighted by Crippen LogP contribution is 2.33. The maximum atomic E-state index is 13.0. The van der Waals surface area contributed by atoms with E-state index < -0.39 is 11.8 Å². The summed E-state index contributed by atoms with van der Waals surface area (Å²) in [6.07, 6.45) is 0. The average molecular weight is 515 g/mol. The highest BCUT2D eigenvalue weighted by molar-refractivity contribution is 6.53. The van der Waals surface area contributed by atoms with Crippen molar-refractivity contribution in [2.24, 2.45) is 0 Å². The summed E-state index contributed by atoms with van der Waals surface area (Å²) in [5.74, 6) is -1.66. The molecule has 1 aliphatic heterocycles. The molecule has 172 valence electrons. The number of benzene rings is 3. The SMILES string of the molecule is CC(NC(=O)c1cccc(NC2=C(Cl)C(=O)N(c3cc(Cl)cc(Cl)c3)C2=O)c1)c1ccccc1. The summed E-state index contributed by atoms with van der Waals surface area (Å²) in [7, 11) is 0. The number of carbonyl (C=O) groups is 3. The van der Waals surface area contributed by atoms with Crippen molar-refractivity contribution < 1.29 is 14.4 Å². The quantitative estimate of drug-likeness (QED) is 0.400. The average Bonchev–Trinajstić information content (AvgIpc) is 3.02. The molecule has 0 aliphatic carbocycles. The van der Waals surface area contributed by atoms with E-state index in [9.17, 15) is 14.4 Å². The number of amides is 3. The van der Waals surface area contributed by atoms with Gasteiger partial charge >= 0.3 is 0 Å². The lowest BCUT2D eigenvalue weighted by atomic mass is 10.1. The Morgan fingerprint density at radius 2 is 1.53 bits per heavy atom. The van der Waals surface area contributed by atoms with Crippen LogP contribution in [0.25, 0.3) is 0 Å². The molecule has 0 bridgehead atoms. The smallest absolute Gasteiger partial charge is 0.283 e. The molecule has 1 heterocycles. The highest BCUT2D eigenvalue weighted by atomic mass is 35.5. The number of anilines is 2. The van der Waals surface area contributed by atoms with E-state index >= 15 is 0 Å². The van der Waals surface area contributed by atoms with Crippen LogP contribution in [0.5, 0.6) is 0 Å². The standard InChI is InChI=1S/C25H18Cl3N3O3/c1-14(15-6-3-2-4-7-15)29-23(32)16-8-5-9-19(10-16)30-22-21(28)24(33)31(25(22)34)20-12-17(26)11-18(27)13-20/h2-14,30H,1H3,(H,29,32). The minimum Gasteiger partial charge on any atom is -0.350 e. The normalized spacial score (nSPS) is 14.4. The van der Waals surface area contributed by atoms with Crippen molar-refractivity contribution >= 4 is 63.9 Å². The maximum Gasteiger partial charge on any atom is 0.283 e. The lowest BCUT2D eigenvalue weighted by molar-refractivity contribution is -0.120. The van der Waals surface area contributed by atoms with Gasteiger partial charge in [-0.2, -0.15) is 0 Å². The van der Waals surface area contributed by atoms with E-state index in [-0.39, 0.29) is 38.4 Å². The Morgan fingerprint density at radius 1 is 0.853 bits per heavy atom. The first kappa shape index (κ1) is 23.8. The molecule has 3 aromatic rings. The third-order valence-corrected chi connectivity index (χ3v) is 5.96. The molecule has 0 radical (unpaired) electrons. The summed E-state index contributed by atoms with van der Waals surface area (Å²) < 4.78 is 0. The molecule has 0 spiro atoms. The minimum absolute atomic E-state index is 0.113. The first-order valence-corrected chi connectivity index (χ1v) is 11.4. The van der Waals surface area contributed by atoms with Crippen molar-refractivity contribution in [1.82, 2.24) is 5.32 Å². The van der Waals surface area contributed by atoms with E-state index in [4.69, 9.17) is 34.8 Å². The zero-order valence-corrected chi connectivity index (χ0v) is 20.1. The maximum absolute atomic E-state index is 13.0. The van der Waals surface area contributed by atoms with Gasteiger partial charge in [-0.15, -0.1) is 0 Å². The lowest BCUT2D eigenvalue weighted by Gasteiger charge is -2.16. The van der Waals surface area contributed by atoms with Crippen LogP contribution in [0.15, 0.2) is 83.5 Å². The molecule has 2 N–H and O–H groups in total. The molecule has 3 amide bonds. The molecule has 9 heteroatoms. The van der Waals surface area contributed by atoms with Crippen LogP contribution < -0.4 is 15.5 Å². The number of imide groups is 1. The predicted molar refractivity (Wildman–Crippen MR) is 134 cm³/mol. The molecule has 1 unspecified atom stereocenters. The number of nitrogens with one attached hydrogen (secondary N) is 2. The van der Waals surface area contributed by atoms with Gasteiger partial charge in [0.15, 0.2) is 0 Å². The molecule has 0 saturated carbocycles. The molecule has 0 fully saturated rings. The van der Waals surface area contributed by atoms with Crippen LogP contribution in [-0.4, -0.2) is 17.7 Å². The highest BCUT2D eigenvalue weighted by Gasteiger charge is 2.39. The summed E-state index contributed by atoms with van der Waals surface area (Å²) in [6, 6.07) is 20.3. The summed E-state index contributed by atoms with van der Waals surface area (Å²) in [5, 5.41) is 6.06. The van der Waals surface area contributed by atoms with Gasteiger partial charge in [0.25, 0.3) is 17.7 Å². The van der Waals surface area contributed by atoms with E-state index in [2.05, 4.69) is 10.6 Å². The summed E-state index contributed by atoms with van der Waals surface area (Å²) in [6.45, 7) is 1.89. The molecular weight excluding hydrogens is 497 g/mol. The van der Waals surface area contributed by atoms with E-state index in [0.717, 1.165) is 10.5 Å². The molecule has 6 nitrogen and oxygen atoms in total. The molecule has 34 heavy (non-hydrogen) atoms. The Labute approximate surface area is 211 Å². The van der Waals surface area contributed by atoms with Crippen molar-refractivity contribution in [2.45, 2.75) is 13.0 Å². The van der Waals surface area contributed by atoms with Gasteiger partial charge in [-0.3, -0.25) is 14.4 Å². The Hall–Kier alpha value is -3.32. The Morgan fingerprint density at radius 3 is 2.21 bits per heavy atom. The summed E-state index contributed by atoms with van der Waals surface area (Å²) >= 11 is 18.2. The second kappa shape index (κ2) is 9.89. The van der Waals surface area contributed by atoms with Crippen molar-refractivity contribution in [3.63, 3.8) is 0 Å². The van der Waals surface area contributed by atoms with Crippen molar-refractivity contribution in [2.75, 3.05) is 10.2 Å².